The summed E-state index contributed by atoms with van der Waals surface area (Å²) in [5, 5.41) is 7.24. The van der Waals surface area contributed by atoms with Crippen molar-refractivity contribution in [1.29, 1.82) is 0 Å². The van der Waals surface area contributed by atoms with Crippen LogP contribution in [0.1, 0.15) is 36.9 Å². The molecule has 1 saturated carbocycles. The van der Waals surface area contributed by atoms with Crippen LogP contribution in [0, 0.1) is 0 Å². The minimum Gasteiger partial charge on any atom is -0.399 e. The molecule has 1 atom stereocenters. The number of thiophene rings is 1. The van der Waals surface area contributed by atoms with Gasteiger partial charge in [0.15, 0.2) is 0 Å². The van der Waals surface area contributed by atoms with E-state index in [1.165, 1.54) is 0 Å². The van der Waals surface area contributed by atoms with E-state index in [9.17, 15) is 4.79 Å². The van der Waals surface area contributed by atoms with Crippen molar-refractivity contribution in [1.82, 2.24) is 5.32 Å². The molecule has 1 aromatic carbocycles. The fourth-order valence-corrected chi connectivity index (χ4v) is 3.27. The Morgan fingerprint density at radius 3 is 2.55 bits per heavy atom. The van der Waals surface area contributed by atoms with E-state index in [0.717, 1.165) is 29.7 Å². The Labute approximate surface area is 122 Å². The molecule has 1 unspecified atom stereocenters. The summed E-state index contributed by atoms with van der Waals surface area (Å²) < 4.78 is 0. The van der Waals surface area contributed by atoms with Crippen molar-refractivity contribution in [3.8, 4) is 0 Å². The minimum absolute atomic E-state index is 0.0556. The molecule has 20 heavy (non-hydrogen) atoms. The number of nitrogen functional groups attached to an aromatic ring is 1. The van der Waals surface area contributed by atoms with Crippen LogP contribution >= 0.6 is 11.3 Å². The maximum Gasteiger partial charge on any atom is 0.231 e. The van der Waals surface area contributed by atoms with Crippen LogP contribution in [0.2, 0.25) is 0 Å². The Hall–Kier alpha value is -1.81. The number of hydrogen-bond acceptors (Lipinski definition) is 3. The highest BCUT2D eigenvalue weighted by molar-refractivity contribution is 7.07. The monoisotopic (exact) mass is 286 g/mol. The molecule has 0 radical (unpaired) electrons. The first-order valence-corrected chi connectivity index (χ1v) is 7.75. The molecule has 4 heteroatoms. The molecule has 0 saturated heterocycles. The molecule has 3 N–H and O–H groups in total. The number of carbonyl (C=O) groups excluding carboxylic acids is 1. The van der Waals surface area contributed by atoms with Gasteiger partial charge in [-0.3, -0.25) is 4.79 Å². The molecule has 2 aromatic rings. The summed E-state index contributed by atoms with van der Waals surface area (Å²) in [6.45, 7) is 2.03. The molecule has 1 heterocycles. The van der Waals surface area contributed by atoms with Crippen molar-refractivity contribution in [2.75, 3.05) is 5.73 Å². The van der Waals surface area contributed by atoms with Gasteiger partial charge in [0, 0.05) is 5.69 Å². The van der Waals surface area contributed by atoms with E-state index in [2.05, 4.69) is 16.8 Å². The van der Waals surface area contributed by atoms with Gasteiger partial charge in [0.1, 0.15) is 0 Å². The van der Waals surface area contributed by atoms with E-state index >= 15 is 0 Å². The normalized spacial score (nSPS) is 17.4. The average molecular weight is 286 g/mol. The minimum atomic E-state index is -0.335. The smallest absolute Gasteiger partial charge is 0.231 e. The van der Waals surface area contributed by atoms with Crippen LogP contribution in [0.4, 0.5) is 5.69 Å². The van der Waals surface area contributed by atoms with Gasteiger partial charge in [0.2, 0.25) is 5.91 Å². The van der Waals surface area contributed by atoms with E-state index in [1.807, 2.05) is 36.6 Å². The van der Waals surface area contributed by atoms with Gasteiger partial charge in [-0.2, -0.15) is 11.3 Å². The standard InChI is InChI=1S/C16H18N2OS/c1-11(12-6-9-20-10-12)18-15(19)16(7-8-16)13-2-4-14(17)5-3-13/h2-6,9-11H,7-8,17H2,1H3,(H,18,19). The summed E-state index contributed by atoms with van der Waals surface area (Å²) in [7, 11) is 0. The van der Waals surface area contributed by atoms with Gasteiger partial charge >= 0.3 is 0 Å². The Bertz CT molecular complexity index is 600. The summed E-state index contributed by atoms with van der Waals surface area (Å²) >= 11 is 1.65. The molecule has 3 rings (SSSR count). The highest BCUT2D eigenvalue weighted by Crippen LogP contribution is 2.48. The van der Waals surface area contributed by atoms with E-state index in [4.69, 9.17) is 5.73 Å². The van der Waals surface area contributed by atoms with Crippen molar-refractivity contribution in [3.05, 3.63) is 52.2 Å². The third-order valence-electron chi connectivity index (χ3n) is 4.04. The first-order valence-electron chi connectivity index (χ1n) is 6.81. The predicted octanol–water partition coefficient (Wildman–Crippen LogP) is 3.24. The lowest BCUT2D eigenvalue weighted by molar-refractivity contribution is -0.124. The largest absolute Gasteiger partial charge is 0.399 e. The molecule has 104 valence electrons. The zero-order valence-electron chi connectivity index (χ0n) is 11.4. The van der Waals surface area contributed by atoms with E-state index in [1.54, 1.807) is 11.3 Å². The van der Waals surface area contributed by atoms with Crippen LogP contribution < -0.4 is 11.1 Å². The topological polar surface area (TPSA) is 55.1 Å². The fourth-order valence-electron chi connectivity index (χ4n) is 2.51. The number of nitrogens with one attached hydrogen (secondary N) is 1. The van der Waals surface area contributed by atoms with Gasteiger partial charge < -0.3 is 11.1 Å². The van der Waals surface area contributed by atoms with Gasteiger partial charge in [-0.25, -0.2) is 0 Å². The summed E-state index contributed by atoms with van der Waals surface area (Å²) in [6.07, 6.45) is 1.83. The lowest BCUT2D eigenvalue weighted by Crippen LogP contribution is -2.36. The van der Waals surface area contributed by atoms with Crippen molar-refractivity contribution >= 4 is 22.9 Å². The SMILES string of the molecule is CC(NC(=O)C1(c2ccc(N)cc2)CC1)c1ccsc1. The molecule has 3 nitrogen and oxygen atoms in total. The second kappa shape index (κ2) is 4.94. The Morgan fingerprint density at radius 1 is 1.30 bits per heavy atom. The van der Waals surface area contributed by atoms with Crippen LogP contribution in [0.3, 0.4) is 0 Å². The molecule has 1 fully saturated rings. The average Bonchev–Trinajstić information content (AvgIpc) is 3.06. The number of rotatable bonds is 4. The second-order valence-corrected chi connectivity index (χ2v) is 6.24. The van der Waals surface area contributed by atoms with E-state index in [-0.39, 0.29) is 17.4 Å². The van der Waals surface area contributed by atoms with Crippen molar-refractivity contribution in [2.24, 2.45) is 0 Å². The van der Waals surface area contributed by atoms with Crippen LogP contribution in [0.25, 0.3) is 0 Å². The summed E-state index contributed by atoms with van der Waals surface area (Å²) in [5.41, 5.74) is 8.34. The highest BCUT2D eigenvalue weighted by Gasteiger charge is 2.51. The van der Waals surface area contributed by atoms with E-state index < -0.39 is 0 Å². The zero-order valence-corrected chi connectivity index (χ0v) is 12.2. The molecule has 0 aliphatic heterocycles. The second-order valence-electron chi connectivity index (χ2n) is 5.46. The van der Waals surface area contributed by atoms with Gasteiger partial charge in [-0.1, -0.05) is 12.1 Å². The number of nitrogens with two attached hydrogens (primary N) is 1. The summed E-state index contributed by atoms with van der Waals surface area (Å²) in [4.78, 5) is 12.6. The molecular formula is C16H18N2OS. The molecule has 0 bridgehead atoms. The molecule has 1 aliphatic carbocycles. The Balaban J connectivity index is 1.75. The predicted molar refractivity (Wildman–Crippen MR) is 82.6 cm³/mol. The van der Waals surface area contributed by atoms with Crippen LogP contribution in [-0.4, -0.2) is 5.91 Å². The third-order valence-corrected chi connectivity index (χ3v) is 4.74. The molecule has 1 aliphatic rings. The number of anilines is 1. The molecule has 0 spiro atoms. The van der Waals surface area contributed by atoms with Gasteiger partial charge in [-0.05, 0) is 59.9 Å². The van der Waals surface area contributed by atoms with Gasteiger partial charge in [-0.15, -0.1) is 0 Å². The lowest BCUT2D eigenvalue weighted by atomic mass is 9.94. The number of hydrogen-bond donors (Lipinski definition) is 2. The maximum absolute atomic E-state index is 12.6. The first-order chi connectivity index (χ1) is 9.62. The zero-order chi connectivity index (χ0) is 14.2. The summed E-state index contributed by atoms with van der Waals surface area (Å²) in [6, 6.07) is 9.78. The molecule has 1 aromatic heterocycles. The Kier molecular flexibility index (Phi) is 3.26. The Morgan fingerprint density at radius 2 is 2.00 bits per heavy atom. The van der Waals surface area contributed by atoms with Crippen LogP contribution in [-0.2, 0) is 10.2 Å². The van der Waals surface area contributed by atoms with Crippen LogP contribution in [0.15, 0.2) is 41.1 Å². The maximum atomic E-state index is 12.6. The fraction of sp³-hybridized carbons (Fsp3) is 0.312. The van der Waals surface area contributed by atoms with Gasteiger partial charge in [0.05, 0.1) is 11.5 Å². The van der Waals surface area contributed by atoms with Crippen LogP contribution in [0.5, 0.6) is 0 Å². The quantitative estimate of drug-likeness (QED) is 0.848. The first kappa shape index (κ1) is 13.2. The van der Waals surface area contributed by atoms with Crippen molar-refractivity contribution < 1.29 is 4.79 Å². The number of carbonyl (C=O) groups is 1. The summed E-state index contributed by atoms with van der Waals surface area (Å²) in [5.74, 6) is 0.126. The number of amides is 1. The van der Waals surface area contributed by atoms with E-state index in [0.29, 0.717) is 0 Å². The third kappa shape index (κ3) is 2.31. The highest BCUT2D eigenvalue weighted by atomic mass is 32.1. The molecular weight excluding hydrogens is 268 g/mol. The molecule has 1 amide bonds. The van der Waals surface area contributed by atoms with Crippen molar-refractivity contribution in [3.63, 3.8) is 0 Å². The van der Waals surface area contributed by atoms with Crippen molar-refractivity contribution in [2.45, 2.75) is 31.2 Å². The van der Waals surface area contributed by atoms with Gasteiger partial charge in [0.25, 0.3) is 0 Å². The number of benzene rings is 1. The lowest BCUT2D eigenvalue weighted by Gasteiger charge is -2.19.